The van der Waals surface area contributed by atoms with Crippen LogP contribution in [0.5, 0.6) is 0 Å². The molecule has 2 fully saturated rings. The van der Waals surface area contributed by atoms with E-state index in [1.54, 1.807) is 0 Å². The van der Waals surface area contributed by atoms with Crippen molar-refractivity contribution in [1.29, 1.82) is 0 Å². The molecule has 2 N–H and O–H groups in total. The van der Waals surface area contributed by atoms with Gasteiger partial charge < -0.3 is 15.2 Å². The van der Waals surface area contributed by atoms with E-state index in [9.17, 15) is 4.79 Å². The predicted molar refractivity (Wildman–Crippen MR) is 73.1 cm³/mol. The predicted octanol–water partition coefficient (Wildman–Crippen LogP) is 1.88. The van der Waals surface area contributed by atoms with Crippen LogP contribution in [0.15, 0.2) is 0 Å². The van der Waals surface area contributed by atoms with Gasteiger partial charge in [-0.05, 0) is 31.9 Å². The lowest BCUT2D eigenvalue weighted by atomic mass is 9.94. The zero-order valence-electron chi connectivity index (χ0n) is 10.9. The molecule has 2 aliphatic rings. The molecule has 0 aromatic carbocycles. The third kappa shape index (κ3) is 3.62. The molecule has 104 valence electrons. The van der Waals surface area contributed by atoms with Crippen LogP contribution in [0.3, 0.4) is 0 Å². The molecule has 1 aliphatic heterocycles. The maximum atomic E-state index is 10.8. The number of rotatable bonds is 5. The molecule has 5 heteroatoms. The average molecular weight is 273 g/mol. The van der Waals surface area contributed by atoms with Crippen LogP contribution < -0.4 is 5.32 Å². The fraction of sp³-hybridized carbons (Fsp3) is 0.923. The Morgan fingerprint density at radius 2 is 2.11 bits per heavy atom. The fourth-order valence-corrected chi connectivity index (χ4v) is 3.90. The van der Waals surface area contributed by atoms with Crippen LogP contribution in [0.2, 0.25) is 0 Å². The third-order valence-electron chi connectivity index (χ3n) is 4.00. The van der Waals surface area contributed by atoms with E-state index < -0.39 is 12.1 Å². The number of carboxylic acids is 1. The zero-order chi connectivity index (χ0) is 13.0. The first-order valence-electron chi connectivity index (χ1n) is 6.85. The van der Waals surface area contributed by atoms with E-state index in [-0.39, 0.29) is 6.10 Å². The third-order valence-corrected chi connectivity index (χ3v) is 5.17. The molecular formula is C13H23NO3S. The van der Waals surface area contributed by atoms with Gasteiger partial charge in [-0.15, -0.1) is 0 Å². The van der Waals surface area contributed by atoms with Crippen molar-refractivity contribution in [3.05, 3.63) is 0 Å². The summed E-state index contributed by atoms with van der Waals surface area (Å²) in [7, 11) is 0. The molecule has 1 heterocycles. The molecule has 4 nitrogen and oxygen atoms in total. The summed E-state index contributed by atoms with van der Waals surface area (Å²) < 4.78 is 5.51. The van der Waals surface area contributed by atoms with Crippen LogP contribution in [0.1, 0.15) is 38.5 Å². The lowest BCUT2D eigenvalue weighted by Crippen LogP contribution is -2.43. The highest BCUT2D eigenvalue weighted by Crippen LogP contribution is 2.27. The highest BCUT2D eigenvalue weighted by molar-refractivity contribution is 7.99. The maximum absolute atomic E-state index is 10.8. The molecule has 0 amide bonds. The van der Waals surface area contributed by atoms with Crippen molar-refractivity contribution in [1.82, 2.24) is 5.32 Å². The Labute approximate surface area is 113 Å². The number of nitrogens with one attached hydrogen (secondary N) is 1. The fourth-order valence-electron chi connectivity index (χ4n) is 2.93. The topological polar surface area (TPSA) is 58.6 Å². The smallest absolute Gasteiger partial charge is 0.332 e. The van der Waals surface area contributed by atoms with Crippen LogP contribution in [0.4, 0.5) is 0 Å². The second-order valence-corrected chi connectivity index (χ2v) is 6.31. The molecule has 0 bridgehead atoms. The van der Waals surface area contributed by atoms with Gasteiger partial charge in [0.15, 0.2) is 6.10 Å². The summed E-state index contributed by atoms with van der Waals surface area (Å²) in [6.45, 7) is 0.797. The second-order valence-electron chi connectivity index (χ2n) is 5.24. The number of thioether (sulfide) groups is 1. The van der Waals surface area contributed by atoms with E-state index in [4.69, 9.17) is 9.84 Å². The quantitative estimate of drug-likeness (QED) is 0.801. The Morgan fingerprint density at radius 1 is 1.33 bits per heavy atom. The van der Waals surface area contributed by atoms with E-state index in [2.05, 4.69) is 11.6 Å². The Balaban J connectivity index is 1.72. The van der Waals surface area contributed by atoms with Crippen molar-refractivity contribution in [3.63, 3.8) is 0 Å². The normalized spacial score (nSPS) is 36.7. The number of hydrogen-bond acceptors (Lipinski definition) is 4. The summed E-state index contributed by atoms with van der Waals surface area (Å²) in [5.41, 5.74) is 0. The summed E-state index contributed by atoms with van der Waals surface area (Å²) in [6.07, 6.45) is 8.36. The molecule has 2 rings (SSSR count). The van der Waals surface area contributed by atoms with Gasteiger partial charge in [-0.3, -0.25) is 0 Å². The molecule has 18 heavy (non-hydrogen) atoms. The van der Waals surface area contributed by atoms with Gasteiger partial charge >= 0.3 is 5.97 Å². The summed E-state index contributed by atoms with van der Waals surface area (Å²) in [5, 5.41) is 13.2. The van der Waals surface area contributed by atoms with Crippen molar-refractivity contribution in [2.24, 2.45) is 0 Å². The highest BCUT2D eigenvalue weighted by atomic mass is 32.2. The van der Waals surface area contributed by atoms with Crippen molar-refractivity contribution < 1.29 is 14.6 Å². The Kier molecular flexibility index (Phi) is 5.33. The maximum Gasteiger partial charge on any atom is 0.332 e. The van der Waals surface area contributed by atoms with E-state index in [1.807, 2.05) is 11.8 Å². The number of aliphatic carboxylic acids is 1. The first-order valence-corrected chi connectivity index (χ1v) is 8.14. The van der Waals surface area contributed by atoms with Crippen molar-refractivity contribution in [2.45, 2.75) is 62.0 Å². The van der Waals surface area contributed by atoms with Crippen LogP contribution in [0, 0.1) is 0 Å². The van der Waals surface area contributed by atoms with Gasteiger partial charge in [0.05, 0.1) is 6.10 Å². The van der Waals surface area contributed by atoms with Crippen LogP contribution >= 0.6 is 11.8 Å². The van der Waals surface area contributed by atoms with Crippen molar-refractivity contribution >= 4 is 17.7 Å². The summed E-state index contributed by atoms with van der Waals surface area (Å²) in [5.74, 6) is -0.822. The number of ether oxygens (including phenoxy) is 1. The molecule has 0 spiro atoms. The van der Waals surface area contributed by atoms with Crippen LogP contribution in [-0.2, 0) is 9.53 Å². The van der Waals surface area contributed by atoms with E-state index in [0.717, 1.165) is 13.0 Å². The van der Waals surface area contributed by atoms with Crippen molar-refractivity contribution in [2.75, 3.05) is 12.8 Å². The van der Waals surface area contributed by atoms with E-state index in [1.165, 1.54) is 25.7 Å². The van der Waals surface area contributed by atoms with Gasteiger partial charge in [0.25, 0.3) is 0 Å². The molecule has 0 aromatic heterocycles. The van der Waals surface area contributed by atoms with E-state index in [0.29, 0.717) is 17.7 Å². The number of carboxylic acid groups (broad SMARTS) is 1. The molecule has 1 saturated carbocycles. The number of carbonyl (C=O) groups is 1. The lowest BCUT2D eigenvalue weighted by molar-refractivity contribution is -0.149. The molecule has 0 aromatic rings. The first kappa shape index (κ1) is 14.2. The minimum absolute atomic E-state index is 0.0792. The van der Waals surface area contributed by atoms with Gasteiger partial charge in [-0.2, -0.15) is 11.8 Å². The average Bonchev–Trinajstić information content (AvgIpc) is 2.85. The molecular weight excluding hydrogens is 250 g/mol. The lowest BCUT2D eigenvalue weighted by Gasteiger charge is -2.31. The minimum Gasteiger partial charge on any atom is -0.479 e. The van der Waals surface area contributed by atoms with Gasteiger partial charge in [-0.1, -0.05) is 12.8 Å². The highest BCUT2D eigenvalue weighted by Gasteiger charge is 2.31. The molecule has 1 aliphatic carbocycles. The summed E-state index contributed by atoms with van der Waals surface area (Å²) >= 11 is 1.94. The van der Waals surface area contributed by atoms with Crippen LogP contribution in [0.25, 0.3) is 0 Å². The number of hydrogen-bond donors (Lipinski definition) is 2. The Hall–Kier alpha value is -0.260. The van der Waals surface area contributed by atoms with Gasteiger partial charge in [0.1, 0.15) is 0 Å². The summed E-state index contributed by atoms with van der Waals surface area (Å²) in [4.78, 5) is 10.8. The second kappa shape index (κ2) is 6.78. The zero-order valence-corrected chi connectivity index (χ0v) is 11.7. The molecule has 0 radical (unpaired) electrons. The standard InChI is InChI=1S/C13H23NO3S/c1-18-12-5-3-2-4-10(12)14-8-9-6-7-11(17-9)13(15)16/h9-12,14H,2-8H2,1H3,(H,15,16). The van der Waals surface area contributed by atoms with Gasteiger partial charge in [0, 0.05) is 17.8 Å². The Morgan fingerprint density at radius 3 is 2.78 bits per heavy atom. The Bertz CT molecular complexity index is 287. The summed E-state index contributed by atoms with van der Waals surface area (Å²) in [6, 6.07) is 0.571. The SMILES string of the molecule is CSC1CCCCC1NCC1CCC(C(=O)O)O1. The molecule has 4 atom stereocenters. The van der Waals surface area contributed by atoms with Gasteiger partial charge in [-0.25, -0.2) is 4.79 Å². The van der Waals surface area contributed by atoms with Crippen LogP contribution in [-0.4, -0.2) is 47.4 Å². The molecule has 4 unspecified atom stereocenters. The largest absolute Gasteiger partial charge is 0.479 e. The van der Waals surface area contributed by atoms with E-state index >= 15 is 0 Å². The van der Waals surface area contributed by atoms with Gasteiger partial charge in [0.2, 0.25) is 0 Å². The van der Waals surface area contributed by atoms with Crippen molar-refractivity contribution in [3.8, 4) is 0 Å². The molecule has 1 saturated heterocycles. The minimum atomic E-state index is -0.822. The first-order chi connectivity index (χ1) is 8.70. The monoisotopic (exact) mass is 273 g/mol.